The van der Waals surface area contributed by atoms with E-state index in [0.29, 0.717) is 19.3 Å². The van der Waals surface area contributed by atoms with E-state index in [1.54, 1.807) is 0 Å². The van der Waals surface area contributed by atoms with Crippen molar-refractivity contribution in [3.05, 3.63) is 24.3 Å². The van der Waals surface area contributed by atoms with E-state index in [4.69, 9.17) is 14.2 Å². The second-order valence-corrected chi connectivity index (χ2v) is 25.6. The Kier molecular flexibility index (Phi) is 69.5. The molecule has 0 aromatic rings. The van der Waals surface area contributed by atoms with Crippen LogP contribution in [0.25, 0.3) is 0 Å². The highest BCUT2D eigenvalue weighted by molar-refractivity contribution is 5.71. The number of esters is 3. The van der Waals surface area contributed by atoms with Crippen molar-refractivity contribution < 1.29 is 28.6 Å². The summed E-state index contributed by atoms with van der Waals surface area (Å²) in [6.07, 6.45) is 88.0. The van der Waals surface area contributed by atoms with Crippen molar-refractivity contribution in [3.8, 4) is 0 Å². The van der Waals surface area contributed by atoms with Gasteiger partial charge < -0.3 is 14.2 Å². The maximum Gasteiger partial charge on any atom is 0.306 e. The maximum absolute atomic E-state index is 12.9. The van der Waals surface area contributed by atoms with Crippen LogP contribution in [0.4, 0.5) is 0 Å². The molecule has 0 fully saturated rings. The Balaban J connectivity index is 4.08. The molecule has 0 radical (unpaired) electrons. The average Bonchev–Trinajstić information content (AvgIpc) is 3.47. The zero-order chi connectivity index (χ0) is 59.2. The molecule has 0 aromatic carbocycles. The molecule has 0 saturated heterocycles. The molecular formula is C76H144O6. The number of hydrogen-bond acceptors (Lipinski definition) is 6. The normalized spacial score (nSPS) is 12.1. The lowest BCUT2D eigenvalue weighted by molar-refractivity contribution is -0.167. The smallest absolute Gasteiger partial charge is 0.306 e. The van der Waals surface area contributed by atoms with Crippen LogP contribution < -0.4 is 0 Å². The van der Waals surface area contributed by atoms with Crippen LogP contribution in [0.2, 0.25) is 0 Å². The number of ether oxygens (including phenoxy) is 3. The van der Waals surface area contributed by atoms with Crippen LogP contribution >= 0.6 is 0 Å². The molecule has 0 bridgehead atoms. The Bertz CT molecular complexity index is 1320. The molecule has 484 valence electrons. The first-order valence-corrected chi connectivity index (χ1v) is 37.3. The van der Waals surface area contributed by atoms with Gasteiger partial charge in [-0.25, -0.2) is 0 Å². The highest BCUT2D eigenvalue weighted by atomic mass is 16.6. The summed E-state index contributed by atoms with van der Waals surface area (Å²) in [7, 11) is 0. The summed E-state index contributed by atoms with van der Waals surface area (Å²) in [5.41, 5.74) is 0. The van der Waals surface area contributed by atoms with Crippen molar-refractivity contribution in [1.82, 2.24) is 0 Å². The molecule has 6 heteroatoms. The van der Waals surface area contributed by atoms with Crippen molar-refractivity contribution >= 4 is 17.9 Å². The van der Waals surface area contributed by atoms with Crippen LogP contribution in [0.1, 0.15) is 425 Å². The molecule has 82 heavy (non-hydrogen) atoms. The van der Waals surface area contributed by atoms with E-state index in [9.17, 15) is 14.4 Å². The molecule has 0 aromatic heterocycles. The molecule has 0 spiro atoms. The van der Waals surface area contributed by atoms with Gasteiger partial charge in [-0.1, -0.05) is 379 Å². The van der Waals surface area contributed by atoms with Crippen LogP contribution in [0, 0.1) is 0 Å². The summed E-state index contributed by atoms with van der Waals surface area (Å²) in [4.78, 5) is 38.4. The molecule has 0 saturated carbocycles. The predicted molar refractivity (Wildman–Crippen MR) is 358 cm³/mol. The van der Waals surface area contributed by atoms with E-state index in [1.165, 1.54) is 321 Å². The number of carbonyl (C=O) groups excluding carboxylic acids is 3. The summed E-state index contributed by atoms with van der Waals surface area (Å²) in [6.45, 7) is 6.71. The molecule has 0 rings (SSSR count). The molecule has 0 heterocycles. The van der Waals surface area contributed by atoms with E-state index < -0.39 is 6.10 Å². The summed E-state index contributed by atoms with van der Waals surface area (Å²) in [5.74, 6) is -0.826. The third kappa shape index (κ3) is 68.7. The molecule has 0 aliphatic heterocycles. The van der Waals surface area contributed by atoms with Gasteiger partial charge >= 0.3 is 17.9 Å². The van der Waals surface area contributed by atoms with Crippen molar-refractivity contribution in [1.29, 1.82) is 0 Å². The van der Waals surface area contributed by atoms with Gasteiger partial charge in [0.2, 0.25) is 0 Å². The van der Waals surface area contributed by atoms with Gasteiger partial charge in [-0.05, 0) is 51.4 Å². The van der Waals surface area contributed by atoms with Gasteiger partial charge in [-0.15, -0.1) is 0 Å². The monoisotopic (exact) mass is 1150 g/mol. The standard InChI is InChI=1S/C76H144O6/c1-4-7-10-13-16-19-22-25-27-29-31-32-33-34-35-36-37-38-39-40-41-42-43-44-46-47-49-51-54-57-60-63-66-69-75(78)81-72-73(71-80-74(77)68-65-62-59-56-53-24-21-18-15-12-9-6-3)82-76(79)70-67-64-61-58-55-52-50-48-45-30-28-26-23-20-17-14-11-8-5-2/h22,25,29,31,73H,4-21,23-24,26-28,30,32-72H2,1-3H3/b25-22-,31-29-. The number of unbranched alkanes of at least 4 members (excludes halogenated alkanes) is 55. The fraction of sp³-hybridized carbons (Fsp3) is 0.908. The molecule has 0 aliphatic rings. The summed E-state index contributed by atoms with van der Waals surface area (Å²) < 4.78 is 17.0. The van der Waals surface area contributed by atoms with Gasteiger partial charge in [0.25, 0.3) is 0 Å². The minimum Gasteiger partial charge on any atom is -0.462 e. The van der Waals surface area contributed by atoms with Crippen LogP contribution in [-0.4, -0.2) is 37.2 Å². The topological polar surface area (TPSA) is 78.9 Å². The zero-order valence-corrected chi connectivity index (χ0v) is 55.8. The van der Waals surface area contributed by atoms with E-state index in [-0.39, 0.29) is 31.1 Å². The lowest BCUT2D eigenvalue weighted by atomic mass is 10.0. The first-order valence-electron chi connectivity index (χ1n) is 37.3. The third-order valence-electron chi connectivity index (χ3n) is 17.2. The van der Waals surface area contributed by atoms with Gasteiger partial charge in [-0.3, -0.25) is 14.4 Å². The first-order chi connectivity index (χ1) is 40.5. The Hall–Kier alpha value is -2.11. The number of allylic oxidation sites excluding steroid dienone is 4. The van der Waals surface area contributed by atoms with E-state index in [1.807, 2.05) is 0 Å². The summed E-state index contributed by atoms with van der Waals surface area (Å²) >= 11 is 0. The van der Waals surface area contributed by atoms with Crippen molar-refractivity contribution in [2.45, 2.75) is 431 Å². The van der Waals surface area contributed by atoms with Gasteiger partial charge in [-0.2, -0.15) is 0 Å². The minimum absolute atomic E-state index is 0.0626. The van der Waals surface area contributed by atoms with E-state index >= 15 is 0 Å². The number of carbonyl (C=O) groups is 3. The molecule has 0 amide bonds. The number of hydrogen-bond donors (Lipinski definition) is 0. The highest BCUT2D eigenvalue weighted by Crippen LogP contribution is 2.19. The lowest BCUT2D eigenvalue weighted by Gasteiger charge is -2.18. The van der Waals surface area contributed by atoms with Crippen molar-refractivity contribution in [2.24, 2.45) is 0 Å². The Labute approximate surface area is 513 Å². The van der Waals surface area contributed by atoms with Crippen LogP contribution in [0.5, 0.6) is 0 Å². The first kappa shape index (κ1) is 79.9. The Morgan fingerprint density at radius 3 is 0.671 bits per heavy atom. The molecule has 0 N–H and O–H groups in total. The van der Waals surface area contributed by atoms with Gasteiger partial charge in [0, 0.05) is 19.3 Å². The largest absolute Gasteiger partial charge is 0.462 e. The average molecular weight is 1150 g/mol. The summed E-state index contributed by atoms with van der Waals surface area (Å²) in [5, 5.41) is 0. The Morgan fingerprint density at radius 2 is 0.439 bits per heavy atom. The highest BCUT2D eigenvalue weighted by Gasteiger charge is 2.20. The van der Waals surface area contributed by atoms with Crippen LogP contribution in [-0.2, 0) is 28.6 Å². The van der Waals surface area contributed by atoms with E-state index in [2.05, 4.69) is 45.1 Å². The van der Waals surface area contributed by atoms with Crippen molar-refractivity contribution in [3.63, 3.8) is 0 Å². The lowest BCUT2D eigenvalue weighted by Crippen LogP contribution is -2.30. The second kappa shape index (κ2) is 71.4. The molecular weight excluding hydrogens is 1010 g/mol. The van der Waals surface area contributed by atoms with Gasteiger partial charge in [0.1, 0.15) is 13.2 Å². The third-order valence-corrected chi connectivity index (χ3v) is 17.2. The van der Waals surface area contributed by atoms with Crippen LogP contribution in [0.15, 0.2) is 24.3 Å². The molecule has 1 unspecified atom stereocenters. The van der Waals surface area contributed by atoms with Crippen LogP contribution in [0.3, 0.4) is 0 Å². The SMILES string of the molecule is CCCCCCC/C=C\C/C=C\CCCCCCCCCCCCCCCCCCCCCCCC(=O)OCC(COC(=O)CCCCCCCCCCCCCC)OC(=O)CCCCCCCCCCCCCCCCCCCCC. The van der Waals surface area contributed by atoms with Gasteiger partial charge in [0.15, 0.2) is 6.10 Å². The maximum atomic E-state index is 12.9. The quantitative estimate of drug-likeness (QED) is 0.0261. The molecule has 6 nitrogen and oxygen atoms in total. The second-order valence-electron chi connectivity index (χ2n) is 25.6. The Morgan fingerprint density at radius 1 is 0.244 bits per heavy atom. The number of rotatable bonds is 70. The van der Waals surface area contributed by atoms with E-state index in [0.717, 1.165) is 64.2 Å². The van der Waals surface area contributed by atoms with Crippen molar-refractivity contribution in [2.75, 3.05) is 13.2 Å². The summed E-state index contributed by atoms with van der Waals surface area (Å²) in [6, 6.07) is 0. The molecule has 1 atom stereocenters. The zero-order valence-electron chi connectivity index (χ0n) is 55.8. The fourth-order valence-electron chi connectivity index (χ4n) is 11.6. The predicted octanol–water partition coefficient (Wildman–Crippen LogP) is 25.7. The molecule has 0 aliphatic carbocycles. The fourth-order valence-corrected chi connectivity index (χ4v) is 11.6. The minimum atomic E-state index is -0.765. The van der Waals surface area contributed by atoms with Gasteiger partial charge in [0.05, 0.1) is 0 Å².